The van der Waals surface area contributed by atoms with Crippen LogP contribution >= 0.6 is 0 Å². The van der Waals surface area contributed by atoms with E-state index in [2.05, 4.69) is 15.1 Å². The van der Waals surface area contributed by atoms with Crippen molar-refractivity contribution in [1.29, 1.82) is 0 Å². The van der Waals surface area contributed by atoms with Gasteiger partial charge in [-0.2, -0.15) is 17.9 Å². The molecule has 0 aliphatic carbocycles. The molecule has 0 bridgehead atoms. The average molecular weight is 429 g/mol. The fourth-order valence-corrected chi connectivity index (χ4v) is 5.27. The Morgan fingerprint density at radius 2 is 1.61 bits per heavy atom. The van der Waals surface area contributed by atoms with Gasteiger partial charge < -0.3 is 0 Å². The number of fused-ring (bicyclic) bond motifs is 1. The average Bonchev–Trinajstić information content (AvgIpc) is 3.26. The van der Waals surface area contributed by atoms with E-state index in [1.807, 2.05) is 55.5 Å². The van der Waals surface area contributed by atoms with E-state index in [9.17, 15) is 8.42 Å². The standard InChI is InChI=1S/C24H20N4O2S/c1-17-10-12-19(13-11-17)31(29,30)28-23(16-22(27-28)18-6-3-2-4-7-18)20-8-5-9-21-24(20)26-15-14-25-21/h2-15,23H,16H2,1H3. The number of rotatable bonds is 4. The lowest BCUT2D eigenvalue weighted by atomic mass is 9.98. The molecule has 0 radical (unpaired) electrons. The van der Waals surface area contributed by atoms with Gasteiger partial charge in [0.25, 0.3) is 10.0 Å². The first-order valence-electron chi connectivity index (χ1n) is 9.98. The van der Waals surface area contributed by atoms with Crippen molar-refractivity contribution >= 4 is 26.8 Å². The highest BCUT2D eigenvalue weighted by Crippen LogP contribution is 2.39. The van der Waals surface area contributed by atoms with Crippen molar-refractivity contribution in [3.63, 3.8) is 0 Å². The molecule has 6 nitrogen and oxygen atoms in total. The minimum Gasteiger partial charge on any atom is -0.253 e. The normalized spacial score (nSPS) is 16.5. The van der Waals surface area contributed by atoms with Crippen molar-refractivity contribution in [2.24, 2.45) is 5.10 Å². The van der Waals surface area contributed by atoms with E-state index in [0.717, 1.165) is 27.9 Å². The third-order valence-electron chi connectivity index (χ3n) is 5.43. The molecule has 0 spiro atoms. The molecule has 1 aromatic heterocycles. The molecule has 154 valence electrons. The van der Waals surface area contributed by atoms with Crippen LogP contribution in [0, 0.1) is 6.92 Å². The van der Waals surface area contributed by atoms with Gasteiger partial charge in [0.1, 0.15) is 0 Å². The van der Waals surface area contributed by atoms with Crippen molar-refractivity contribution in [2.45, 2.75) is 24.3 Å². The number of benzene rings is 3. The van der Waals surface area contributed by atoms with Crippen molar-refractivity contribution in [3.05, 3.63) is 102 Å². The number of hydrogen-bond donors (Lipinski definition) is 0. The molecule has 5 rings (SSSR count). The summed E-state index contributed by atoms with van der Waals surface area (Å²) in [7, 11) is -3.86. The van der Waals surface area contributed by atoms with Crippen LogP contribution in [0.1, 0.15) is 29.2 Å². The summed E-state index contributed by atoms with van der Waals surface area (Å²) in [4.78, 5) is 9.08. The van der Waals surface area contributed by atoms with Crippen LogP contribution in [0.2, 0.25) is 0 Å². The SMILES string of the molecule is Cc1ccc(S(=O)(=O)N2N=C(c3ccccc3)CC2c2cccc3nccnc23)cc1. The lowest BCUT2D eigenvalue weighted by molar-refractivity contribution is 0.373. The molecule has 1 unspecified atom stereocenters. The number of aromatic nitrogens is 2. The summed E-state index contributed by atoms with van der Waals surface area (Å²) in [6.07, 6.45) is 3.71. The fourth-order valence-electron chi connectivity index (χ4n) is 3.85. The van der Waals surface area contributed by atoms with Crippen LogP contribution in [0.25, 0.3) is 11.0 Å². The maximum atomic E-state index is 13.6. The molecule has 7 heteroatoms. The van der Waals surface area contributed by atoms with Crippen LogP contribution in [0.15, 0.2) is 95.2 Å². The molecular weight excluding hydrogens is 408 g/mol. The predicted molar refractivity (Wildman–Crippen MR) is 120 cm³/mol. The monoisotopic (exact) mass is 428 g/mol. The summed E-state index contributed by atoms with van der Waals surface area (Å²) in [5, 5.41) is 4.61. The van der Waals surface area contributed by atoms with Gasteiger partial charge in [0.15, 0.2) is 0 Å². The Balaban J connectivity index is 1.67. The minimum atomic E-state index is -3.86. The molecule has 3 aromatic carbocycles. The lowest BCUT2D eigenvalue weighted by Gasteiger charge is -2.24. The van der Waals surface area contributed by atoms with Crippen molar-refractivity contribution in [1.82, 2.24) is 14.4 Å². The Labute approximate surface area is 181 Å². The highest BCUT2D eigenvalue weighted by molar-refractivity contribution is 7.89. The Bertz CT molecular complexity index is 1380. The molecule has 0 saturated heterocycles. The molecular formula is C24H20N4O2S. The maximum absolute atomic E-state index is 13.6. The summed E-state index contributed by atoms with van der Waals surface area (Å²) in [6.45, 7) is 1.93. The van der Waals surface area contributed by atoms with E-state index in [4.69, 9.17) is 0 Å². The summed E-state index contributed by atoms with van der Waals surface area (Å²) < 4.78 is 28.5. The zero-order valence-corrected chi connectivity index (χ0v) is 17.7. The molecule has 1 atom stereocenters. The topological polar surface area (TPSA) is 75.5 Å². The number of hydrazone groups is 1. The quantitative estimate of drug-likeness (QED) is 0.480. The molecule has 1 aliphatic heterocycles. The van der Waals surface area contributed by atoms with Crippen molar-refractivity contribution in [2.75, 3.05) is 0 Å². The first-order chi connectivity index (χ1) is 15.0. The summed E-state index contributed by atoms with van der Waals surface area (Å²) in [5.74, 6) is 0. The predicted octanol–water partition coefficient (Wildman–Crippen LogP) is 4.48. The Kier molecular flexibility index (Phi) is 4.75. The van der Waals surface area contributed by atoms with Gasteiger partial charge >= 0.3 is 0 Å². The largest absolute Gasteiger partial charge is 0.279 e. The van der Waals surface area contributed by atoms with Crippen LogP contribution in [-0.4, -0.2) is 28.5 Å². The van der Waals surface area contributed by atoms with E-state index in [1.165, 1.54) is 4.41 Å². The molecule has 0 N–H and O–H groups in total. The van der Waals surface area contributed by atoms with Crippen LogP contribution in [0.3, 0.4) is 0 Å². The van der Waals surface area contributed by atoms with Gasteiger partial charge in [0, 0.05) is 24.4 Å². The van der Waals surface area contributed by atoms with Gasteiger partial charge in [-0.3, -0.25) is 9.97 Å². The zero-order valence-electron chi connectivity index (χ0n) is 16.9. The highest BCUT2D eigenvalue weighted by Gasteiger charge is 2.38. The third kappa shape index (κ3) is 3.47. The Morgan fingerprint density at radius 1 is 0.871 bits per heavy atom. The minimum absolute atomic E-state index is 0.215. The van der Waals surface area contributed by atoms with Crippen molar-refractivity contribution < 1.29 is 8.42 Å². The molecule has 1 aliphatic rings. The number of para-hydroxylation sites is 1. The Hall–Kier alpha value is -3.58. The second-order valence-electron chi connectivity index (χ2n) is 7.49. The van der Waals surface area contributed by atoms with Crippen LogP contribution in [0.4, 0.5) is 0 Å². The second kappa shape index (κ2) is 7.59. The van der Waals surface area contributed by atoms with E-state index >= 15 is 0 Å². The number of nitrogens with zero attached hydrogens (tertiary/aromatic N) is 4. The first-order valence-corrected chi connectivity index (χ1v) is 11.4. The zero-order chi connectivity index (χ0) is 21.4. The summed E-state index contributed by atoms with van der Waals surface area (Å²) in [6, 6.07) is 21.7. The van der Waals surface area contributed by atoms with Crippen LogP contribution in [-0.2, 0) is 10.0 Å². The number of sulfonamides is 1. The van der Waals surface area contributed by atoms with Crippen LogP contribution in [0.5, 0.6) is 0 Å². The maximum Gasteiger partial charge on any atom is 0.279 e. The van der Waals surface area contributed by atoms with Gasteiger partial charge in [-0.15, -0.1) is 0 Å². The number of aryl methyl sites for hydroxylation is 1. The van der Waals surface area contributed by atoms with Crippen molar-refractivity contribution in [3.8, 4) is 0 Å². The molecule has 31 heavy (non-hydrogen) atoms. The molecule has 0 fully saturated rings. The molecule has 0 saturated carbocycles. The van der Waals surface area contributed by atoms with E-state index in [-0.39, 0.29) is 4.90 Å². The first kappa shape index (κ1) is 19.4. The third-order valence-corrected chi connectivity index (χ3v) is 7.13. The molecule has 0 amide bonds. The smallest absolute Gasteiger partial charge is 0.253 e. The lowest BCUT2D eigenvalue weighted by Crippen LogP contribution is -2.27. The highest BCUT2D eigenvalue weighted by atomic mass is 32.2. The summed E-state index contributed by atoms with van der Waals surface area (Å²) in [5.41, 5.74) is 4.82. The Morgan fingerprint density at radius 3 is 2.39 bits per heavy atom. The van der Waals surface area contributed by atoms with Crippen LogP contribution < -0.4 is 0 Å². The van der Waals surface area contributed by atoms with Gasteiger partial charge in [-0.1, -0.05) is 60.2 Å². The second-order valence-corrected chi connectivity index (χ2v) is 9.29. The fraction of sp³-hybridized carbons (Fsp3) is 0.125. The van der Waals surface area contributed by atoms with Gasteiger partial charge in [0.2, 0.25) is 0 Å². The van der Waals surface area contributed by atoms with E-state index in [1.54, 1.807) is 36.7 Å². The van der Waals surface area contributed by atoms with Gasteiger partial charge in [0.05, 0.1) is 27.7 Å². The summed E-state index contributed by atoms with van der Waals surface area (Å²) >= 11 is 0. The van der Waals surface area contributed by atoms with E-state index < -0.39 is 16.1 Å². The van der Waals surface area contributed by atoms with Gasteiger partial charge in [-0.05, 0) is 30.7 Å². The molecule has 4 aromatic rings. The van der Waals surface area contributed by atoms with Gasteiger partial charge in [-0.25, -0.2) is 0 Å². The molecule has 2 heterocycles. The van der Waals surface area contributed by atoms with E-state index in [0.29, 0.717) is 11.9 Å². The number of hydrogen-bond acceptors (Lipinski definition) is 5.